The van der Waals surface area contributed by atoms with Crippen LogP contribution in [-0.2, 0) is 0 Å². The molecule has 0 spiro atoms. The topological polar surface area (TPSA) is 73.8 Å². The first-order valence-electron chi connectivity index (χ1n) is 4.01. The van der Waals surface area contributed by atoms with E-state index in [-0.39, 0.29) is 5.69 Å². The summed E-state index contributed by atoms with van der Waals surface area (Å²) in [4.78, 5) is 18.4. The third kappa shape index (κ3) is 1.47. The Morgan fingerprint density at radius 3 is 2.64 bits per heavy atom. The standard InChI is InChI=1S/C9H8N4O/c10-8-5-13(6-12-9(8)14)7-1-3-11-4-2-7/h1-6H,10H2. The molecule has 2 N–H and O–H groups in total. The molecule has 0 aliphatic heterocycles. The number of rotatable bonds is 1. The fraction of sp³-hybridized carbons (Fsp3) is 0. The van der Waals surface area contributed by atoms with Gasteiger partial charge in [0.2, 0.25) is 0 Å². The van der Waals surface area contributed by atoms with E-state index in [0.29, 0.717) is 0 Å². The summed E-state index contributed by atoms with van der Waals surface area (Å²) in [5.74, 6) is 0. The van der Waals surface area contributed by atoms with Gasteiger partial charge in [-0.1, -0.05) is 0 Å². The molecule has 14 heavy (non-hydrogen) atoms. The molecule has 0 saturated carbocycles. The Labute approximate surface area is 79.9 Å². The third-order valence-corrected chi connectivity index (χ3v) is 1.79. The van der Waals surface area contributed by atoms with E-state index >= 15 is 0 Å². The van der Waals surface area contributed by atoms with E-state index in [4.69, 9.17) is 5.73 Å². The quantitative estimate of drug-likeness (QED) is 0.694. The summed E-state index contributed by atoms with van der Waals surface area (Å²) in [6.07, 6.45) is 6.27. The van der Waals surface area contributed by atoms with Gasteiger partial charge in [-0.05, 0) is 12.1 Å². The van der Waals surface area contributed by atoms with Crippen LogP contribution in [0.15, 0.2) is 41.8 Å². The molecule has 70 valence electrons. The second-order valence-electron chi connectivity index (χ2n) is 2.75. The molecule has 2 heterocycles. The van der Waals surface area contributed by atoms with Gasteiger partial charge in [0.25, 0.3) is 5.56 Å². The SMILES string of the molecule is Nc1cn(-c2ccncc2)cnc1=O. The Morgan fingerprint density at radius 1 is 1.29 bits per heavy atom. The van der Waals surface area contributed by atoms with Crippen molar-refractivity contribution in [2.45, 2.75) is 0 Å². The summed E-state index contributed by atoms with van der Waals surface area (Å²) in [6, 6.07) is 3.59. The van der Waals surface area contributed by atoms with E-state index in [1.807, 2.05) is 0 Å². The highest BCUT2D eigenvalue weighted by molar-refractivity contribution is 5.36. The van der Waals surface area contributed by atoms with Gasteiger partial charge in [0, 0.05) is 24.3 Å². The maximum absolute atomic E-state index is 10.9. The van der Waals surface area contributed by atoms with Crippen LogP contribution in [0, 0.1) is 0 Å². The number of pyridine rings is 1. The van der Waals surface area contributed by atoms with Crippen LogP contribution in [0.3, 0.4) is 0 Å². The molecule has 5 nitrogen and oxygen atoms in total. The molecule has 2 aromatic heterocycles. The average molecular weight is 188 g/mol. The minimum atomic E-state index is -0.407. The summed E-state index contributed by atoms with van der Waals surface area (Å²) < 4.78 is 1.67. The highest BCUT2D eigenvalue weighted by atomic mass is 16.1. The first kappa shape index (κ1) is 8.43. The van der Waals surface area contributed by atoms with Gasteiger partial charge in [-0.2, -0.15) is 4.98 Å². The molecule has 0 unspecified atom stereocenters. The van der Waals surface area contributed by atoms with Crippen LogP contribution in [0.2, 0.25) is 0 Å². The second-order valence-corrected chi connectivity index (χ2v) is 2.75. The van der Waals surface area contributed by atoms with Crippen LogP contribution in [0.25, 0.3) is 5.69 Å². The van der Waals surface area contributed by atoms with Gasteiger partial charge in [-0.25, -0.2) is 0 Å². The molecule has 0 aliphatic carbocycles. The Hall–Kier alpha value is -2.17. The van der Waals surface area contributed by atoms with Crippen molar-refractivity contribution in [2.75, 3.05) is 5.73 Å². The molecule has 5 heteroatoms. The Morgan fingerprint density at radius 2 is 2.00 bits per heavy atom. The minimum absolute atomic E-state index is 0.129. The predicted molar refractivity (Wildman–Crippen MR) is 52.0 cm³/mol. The molecule has 0 radical (unpaired) electrons. The van der Waals surface area contributed by atoms with E-state index in [2.05, 4.69) is 9.97 Å². The van der Waals surface area contributed by atoms with Crippen molar-refractivity contribution in [3.8, 4) is 5.69 Å². The van der Waals surface area contributed by atoms with Crippen molar-refractivity contribution >= 4 is 5.69 Å². The minimum Gasteiger partial charge on any atom is -0.393 e. The number of nitrogens with zero attached hydrogens (tertiary/aromatic N) is 3. The lowest BCUT2D eigenvalue weighted by molar-refractivity contribution is 0.963. The Kier molecular flexibility index (Phi) is 1.98. The average Bonchev–Trinajstić information content (AvgIpc) is 2.23. The molecule has 0 amide bonds. The summed E-state index contributed by atoms with van der Waals surface area (Å²) >= 11 is 0. The van der Waals surface area contributed by atoms with Crippen molar-refractivity contribution in [2.24, 2.45) is 0 Å². The molecule has 2 aromatic rings. The predicted octanol–water partition coefficient (Wildman–Crippen LogP) is 0.210. The van der Waals surface area contributed by atoms with E-state index in [1.165, 1.54) is 12.5 Å². The van der Waals surface area contributed by atoms with Crippen LogP contribution in [-0.4, -0.2) is 14.5 Å². The van der Waals surface area contributed by atoms with Crippen molar-refractivity contribution in [1.82, 2.24) is 14.5 Å². The van der Waals surface area contributed by atoms with E-state index in [1.54, 1.807) is 29.1 Å². The first-order chi connectivity index (χ1) is 6.77. The van der Waals surface area contributed by atoms with Gasteiger partial charge < -0.3 is 10.3 Å². The molecule has 0 fully saturated rings. The van der Waals surface area contributed by atoms with Gasteiger partial charge >= 0.3 is 0 Å². The molecule has 0 atom stereocenters. The second kappa shape index (κ2) is 3.29. The van der Waals surface area contributed by atoms with Crippen LogP contribution in [0.5, 0.6) is 0 Å². The van der Waals surface area contributed by atoms with E-state index < -0.39 is 5.56 Å². The highest BCUT2D eigenvalue weighted by Gasteiger charge is 1.97. The number of hydrogen-bond donors (Lipinski definition) is 1. The summed E-state index contributed by atoms with van der Waals surface area (Å²) in [6.45, 7) is 0. The Bertz CT molecular complexity index is 492. The molecule has 0 saturated heterocycles. The van der Waals surface area contributed by atoms with Gasteiger partial charge in [0.05, 0.1) is 0 Å². The van der Waals surface area contributed by atoms with Crippen molar-refractivity contribution < 1.29 is 0 Å². The molecular weight excluding hydrogens is 180 g/mol. The van der Waals surface area contributed by atoms with Crippen molar-refractivity contribution in [1.29, 1.82) is 0 Å². The highest BCUT2D eigenvalue weighted by Crippen LogP contribution is 2.04. The van der Waals surface area contributed by atoms with E-state index in [9.17, 15) is 4.79 Å². The number of nitrogen functional groups attached to an aromatic ring is 1. The lowest BCUT2D eigenvalue weighted by Gasteiger charge is -2.04. The number of nitrogens with two attached hydrogens (primary N) is 1. The normalized spacial score (nSPS) is 10.0. The summed E-state index contributed by atoms with van der Waals surface area (Å²) in [7, 11) is 0. The zero-order chi connectivity index (χ0) is 9.97. The number of aromatic nitrogens is 3. The fourth-order valence-electron chi connectivity index (χ4n) is 1.08. The fourth-order valence-corrected chi connectivity index (χ4v) is 1.08. The molecule has 0 bridgehead atoms. The summed E-state index contributed by atoms with van der Waals surface area (Å²) in [5, 5.41) is 0. The van der Waals surface area contributed by atoms with Crippen LogP contribution >= 0.6 is 0 Å². The smallest absolute Gasteiger partial charge is 0.295 e. The van der Waals surface area contributed by atoms with Crippen LogP contribution in [0.1, 0.15) is 0 Å². The maximum atomic E-state index is 10.9. The van der Waals surface area contributed by atoms with Crippen molar-refractivity contribution in [3.63, 3.8) is 0 Å². The van der Waals surface area contributed by atoms with E-state index in [0.717, 1.165) is 5.69 Å². The van der Waals surface area contributed by atoms with Crippen LogP contribution in [0.4, 0.5) is 5.69 Å². The zero-order valence-electron chi connectivity index (χ0n) is 7.29. The monoisotopic (exact) mass is 188 g/mol. The zero-order valence-corrected chi connectivity index (χ0v) is 7.29. The lowest BCUT2D eigenvalue weighted by Crippen LogP contribution is -2.14. The Balaban J connectivity index is 2.54. The van der Waals surface area contributed by atoms with Gasteiger partial charge in [-0.3, -0.25) is 9.78 Å². The van der Waals surface area contributed by atoms with Crippen LogP contribution < -0.4 is 11.3 Å². The van der Waals surface area contributed by atoms with Gasteiger partial charge in [-0.15, -0.1) is 0 Å². The molecule has 0 aromatic carbocycles. The number of hydrogen-bond acceptors (Lipinski definition) is 4. The maximum Gasteiger partial charge on any atom is 0.295 e. The largest absolute Gasteiger partial charge is 0.393 e. The summed E-state index contributed by atoms with van der Waals surface area (Å²) in [5.41, 5.74) is 6.03. The molecular formula is C9H8N4O. The molecule has 0 aliphatic rings. The van der Waals surface area contributed by atoms with Crippen molar-refractivity contribution in [3.05, 3.63) is 47.4 Å². The van der Waals surface area contributed by atoms with Gasteiger partial charge in [0.1, 0.15) is 12.0 Å². The third-order valence-electron chi connectivity index (χ3n) is 1.79. The number of anilines is 1. The van der Waals surface area contributed by atoms with Gasteiger partial charge in [0.15, 0.2) is 0 Å². The lowest BCUT2D eigenvalue weighted by atomic mass is 10.4. The molecule has 2 rings (SSSR count). The first-order valence-corrected chi connectivity index (χ1v) is 4.01.